The molecule has 0 aliphatic carbocycles. The molecule has 0 aromatic heterocycles. The number of guanidine groups is 1. The largest absolute Gasteiger partial charge is 0.493 e. The van der Waals surface area contributed by atoms with Crippen LogP contribution in [0.4, 0.5) is 0 Å². The van der Waals surface area contributed by atoms with Crippen LogP contribution in [0.25, 0.3) is 0 Å². The molecule has 0 aliphatic heterocycles. The predicted molar refractivity (Wildman–Crippen MR) is 93.0 cm³/mol. The molecule has 2 aromatic carbocycles. The summed E-state index contributed by atoms with van der Waals surface area (Å²) in [4.78, 5) is 4.24. The number of ether oxygens (including phenoxy) is 2. The molecule has 122 valence electrons. The lowest BCUT2D eigenvalue weighted by Gasteiger charge is -2.15. The Hall–Kier alpha value is -2.69. The average Bonchev–Trinajstić information content (AvgIpc) is 2.62. The molecule has 0 atom stereocenters. The van der Waals surface area contributed by atoms with Gasteiger partial charge in [0, 0.05) is 25.7 Å². The number of hydrogen-bond donors (Lipinski definition) is 2. The maximum Gasteiger partial charge on any atom is 0.191 e. The Morgan fingerprint density at radius 3 is 2.30 bits per heavy atom. The second-order valence-electron chi connectivity index (χ2n) is 4.92. The number of aliphatic imine (C=N–C) groups is 1. The zero-order chi connectivity index (χ0) is 16.5. The number of methoxy groups -OCH3 is 2. The first-order chi connectivity index (χ1) is 11.3. The molecule has 0 saturated carbocycles. The molecule has 0 aliphatic rings. The normalized spacial score (nSPS) is 11.0. The van der Waals surface area contributed by atoms with E-state index in [0.29, 0.717) is 6.54 Å². The van der Waals surface area contributed by atoms with Crippen LogP contribution >= 0.6 is 0 Å². The zero-order valence-corrected chi connectivity index (χ0v) is 13.8. The summed E-state index contributed by atoms with van der Waals surface area (Å²) >= 11 is 0. The molecule has 2 rings (SSSR count). The fourth-order valence-electron chi connectivity index (χ4n) is 2.27. The summed E-state index contributed by atoms with van der Waals surface area (Å²) in [6.45, 7) is 1.31. The first-order valence-electron chi connectivity index (χ1n) is 7.46. The fourth-order valence-corrected chi connectivity index (χ4v) is 2.27. The third kappa shape index (κ3) is 4.64. The standard InChI is InChI=1S/C18H23N3O2/c1-19-18(20-12-14-8-5-4-6-9-14)21-13-15-10-7-11-16(22-2)17(15)23-3/h4-11H,12-13H2,1-3H3,(H2,19,20,21). The highest BCUT2D eigenvalue weighted by molar-refractivity contribution is 5.79. The molecule has 5 nitrogen and oxygen atoms in total. The topological polar surface area (TPSA) is 54.9 Å². The van der Waals surface area contributed by atoms with Crippen molar-refractivity contribution in [1.29, 1.82) is 0 Å². The fraction of sp³-hybridized carbons (Fsp3) is 0.278. The van der Waals surface area contributed by atoms with E-state index < -0.39 is 0 Å². The quantitative estimate of drug-likeness (QED) is 0.636. The third-order valence-electron chi connectivity index (χ3n) is 3.46. The number of nitrogens with zero attached hydrogens (tertiary/aromatic N) is 1. The Morgan fingerprint density at radius 2 is 1.65 bits per heavy atom. The first-order valence-corrected chi connectivity index (χ1v) is 7.46. The van der Waals surface area contributed by atoms with Gasteiger partial charge in [-0.25, -0.2) is 0 Å². The maximum atomic E-state index is 5.44. The lowest BCUT2D eigenvalue weighted by molar-refractivity contribution is 0.351. The van der Waals surface area contributed by atoms with E-state index in [1.807, 2.05) is 36.4 Å². The minimum absolute atomic E-state index is 0.592. The van der Waals surface area contributed by atoms with Crippen molar-refractivity contribution in [1.82, 2.24) is 10.6 Å². The second kappa shape index (κ2) is 8.68. The van der Waals surface area contributed by atoms with Gasteiger partial charge in [-0.05, 0) is 11.6 Å². The molecule has 23 heavy (non-hydrogen) atoms. The highest BCUT2D eigenvalue weighted by Gasteiger charge is 2.09. The molecule has 0 bridgehead atoms. The van der Waals surface area contributed by atoms with Crippen LogP contribution in [0.2, 0.25) is 0 Å². The van der Waals surface area contributed by atoms with Crippen molar-refractivity contribution in [3.05, 3.63) is 59.7 Å². The van der Waals surface area contributed by atoms with Gasteiger partial charge in [0.25, 0.3) is 0 Å². The van der Waals surface area contributed by atoms with E-state index in [1.54, 1.807) is 21.3 Å². The van der Waals surface area contributed by atoms with E-state index in [1.165, 1.54) is 5.56 Å². The molecule has 5 heteroatoms. The zero-order valence-electron chi connectivity index (χ0n) is 13.8. The van der Waals surface area contributed by atoms with Crippen LogP contribution < -0.4 is 20.1 Å². The molecule has 0 amide bonds. The van der Waals surface area contributed by atoms with Gasteiger partial charge < -0.3 is 20.1 Å². The van der Waals surface area contributed by atoms with Gasteiger partial charge >= 0.3 is 0 Å². The van der Waals surface area contributed by atoms with E-state index in [9.17, 15) is 0 Å². The predicted octanol–water partition coefficient (Wildman–Crippen LogP) is 2.57. The van der Waals surface area contributed by atoms with Crippen LogP contribution in [0.1, 0.15) is 11.1 Å². The van der Waals surface area contributed by atoms with Gasteiger partial charge in [-0.3, -0.25) is 4.99 Å². The molecule has 0 radical (unpaired) electrons. The Balaban J connectivity index is 1.96. The highest BCUT2D eigenvalue weighted by atomic mass is 16.5. The molecule has 0 fully saturated rings. The minimum Gasteiger partial charge on any atom is -0.493 e. The van der Waals surface area contributed by atoms with Gasteiger partial charge in [0.15, 0.2) is 17.5 Å². The molecular formula is C18H23N3O2. The van der Waals surface area contributed by atoms with E-state index >= 15 is 0 Å². The van der Waals surface area contributed by atoms with Crippen LogP contribution in [0, 0.1) is 0 Å². The second-order valence-corrected chi connectivity index (χ2v) is 4.92. The van der Waals surface area contributed by atoms with E-state index in [0.717, 1.165) is 29.6 Å². The van der Waals surface area contributed by atoms with Crippen LogP contribution in [0.15, 0.2) is 53.5 Å². The summed E-state index contributed by atoms with van der Waals surface area (Å²) in [6.07, 6.45) is 0. The van der Waals surface area contributed by atoms with Gasteiger partial charge in [0.1, 0.15) is 0 Å². The number of hydrogen-bond acceptors (Lipinski definition) is 3. The maximum absolute atomic E-state index is 5.44. The number of para-hydroxylation sites is 1. The Morgan fingerprint density at radius 1 is 0.913 bits per heavy atom. The molecule has 2 N–H and O–H groups in total. The van der Waals surface area contributed by atoms with Crippen molar-refractivity contribution in [3.63, 3.8) is 0 Å². The number of rotatable bonds is 6. The first kappa shape index (κ1) is 16.7. The monoisotopic (exact) mass is 313 g/mol. The summed E-state index contributed by atoms with van der Waals surface area (Å²) in [7, 11) is 5.03. The Kier molecular flexibility index (Phi) is 6.29. The summed E-state index contributed by atoms with van der Waals surface area (Å²) < 4.78 is 10.8. The van der Waals surface area contributed by atoms with E-state index in [2.05, 4.69) is 27.8 Å². The molecule has 0 spiro atoms. The van der Waals surface area contributed by atoms with E-state index in [4.69, 9.17) is 9.47 Å². The summed E-state index contributed by atoms with van der Waals surface area (Å²) in [5.74, 6) is 2.19. The van der Waals surface area contributed by atoms with Crippen molar-refractivity contribution in [3.8, 4) is 11.5 Å². The van der Waals surface area contributed by atoms with Gasteiger partial charge in [-0.1, -0.05) is 42.5 Å². The average molecular weight is 313 g/mol. The third-order valence-corrected chi connectivity index (χ3v) is 3.46. The highest BCUT2D eigenvalue weighted by Crippen LogP contribution is 2.30. The van der Waals surface area contributed by atoms with Crippen LogP contribution in [-0.4, -0.2) is 27.2 Å². The summed E-state index contributed by atoms with van der Waals surface area (Å²) in [6, 6.07) is 16.0. The molecule has 0 heterocycles. The van der Waals surface area contributed by atoms with Crippen LogP contribution in [0.3, 0.4) is 0 Å². The van der Waals surface area contributed by atoms with Crippen molar-refractivity contribution < 1.29 is 9.47 Å². The Labute approximate surface area is 137 Å². The van der Waals surface area contributed by atoms with Crippen LogP contribution in [0.5, 0.6) is 11.5 Å². The van der Waals surface area contributed by atoms with Gasteiger partial charge in [0.05, 0.1) is 14.2 Å². The number of nitrogens with one attached hydrogen (secondary N) is 2. The molecular weight excluding hydrogens is 290 g/mol. The van der Waals surface area contributed by atoms with E-state index in [-0.39, 0.29) is 0 Å². The summed E-state index contributed by atoms with van der Waals surface area (Å²) in [5.41, 5.74) is 2.21. The van der Waals surface area contributed by atoms with Gasteiger partial charge in [0.2, 0.25) is 0 Å². The Bertz CT molecular complexity index is 642. The lowest BCUT2D eigenvalue weighted by atomic mass is 10.2. The smallest absolute Gasteiger partial charge is 0.191 e. The molecule has 0 saturated heterocycles. The van der Waals surface area contributed by atoms with Crippen molar-refractivity contribution >= 4 is 5.96 Å². The van der Waals surface area contributed by atoms with Crippen molar-refractivity contribution in [2.24, 2.45) is 4.99 Å². The molecule has 2 aromatic rings. The van der Waals surface area contributed by atoms with Crippen molar-refractivity contribution in [2.75, 3.05) is 21.3 Å². The minimum atomic E-state index is 0.592. The lowest BCUT2D eigenvalue weighted by Crippen LogP contribution is -2.36. The number of benzene rings is 2. The molecule has 0 unspecified atom stereocenters. The summed E-state index contributed by atoms with van der Waals surface area (Å²) in [5, 5.41) is 6.57. The SMILES string of the molecule is CN=C(NCc1ccccc1)NCc1cccc(OC)c1OC. The van der Waals surface area contributed by atoms with Crippen molar-refractivity contribution in [2.45, 2.75) is 13.1 Å². The van der Waals surface area contributed by atoms with Crippen LogP contribution in [-0.2, 0) is 13.1 Å². The van der Waals surface area contributed by atoms with Gasteiger partial charge in [-0.2, -0.15) is 0 Å². The van der Waals surface area contributed by atoms with Gasteiger partial charge in [-0.15, -0.1) is 0 Å².